The van der Waals surface area contributed by atoms with E-state index in [9.17, 15) is 4.39 Å². The van der Waals surface area contributed by atoms with E-state index >= 15 is 0 Å². The van der Waals surface area contributed by atoms with Crippen LogP contribution < -0.4 is 0 Å². The molecule has 0 spiro atoms. The molecule has 0 saturated carbocycles. The fourth-order valence-electron chi connectivity index (χ4n) is 2.65. The van der Waals surface area contributed by atoms with Gasteiger partial charge in [0.05, 0.1) is 0 Å². The SMILES string of the molecule is Cc1cc(C)c(CCCO)c(-c2ccc(F)c(C)c2)c1. The molecule has 2 rings (SSSR count). The lowest BCUT2D eigenvalue weighted by atomic mass is 9.90. The van der Waals surface area contributed by atoms with Crippen molar-refractivity contribution in [2.75, 3.05) is 6.61 Å². The number of rotatable bonds is 4. The van der Waals surface area contributed by atoms with Gasteiger partial charge in [0.25, 0.3) is 0 Å². The summed E-state index contributed by atoms with van der Waals surface area (Å²) in [5.74, 6) is -0.171. The molecule has 0 unspecified atom stereocenters. The average molecular weight is 272 g/mol. The lowest BCUT2D eigenvalue weighted by Crippen LogP contribution is -1.98. The number of hydrogen-bond acceptors (Lipinski definition) is 1. The van der Waals surface area contributed by atoms with Gasteiger partial charge in [0, 0.05) is 6.61 Å². The summed E-state index contributed by atoms with van der Waals surface area (Å²) in [4.78, 5) is 0. The molecule has 106 valence electrons. The Morgan fingerprint density at radius 1 is 1.00 bits per heavy atom. The normalized spacial score (nSPS) is 10.8. The molecular formula is C18H21FO. The summed E-state index contributed by atoms with van der Waals surface area (Å²) in [6.45, 7) is 6.15. The van der Waals surface area contributed by atoms with Crippen molar-refractivity contribution in [1.82, 2.24) is 0 Å². The first-order valence-corrected chi connectivity index (χ1v) is 7.00. The molecule has 0 aliphatic carbocycles. The van der Waals surface area contributed by atoms with E-state index < -0.39 is 0 Å². The van der Waals surface area contributed by atoms with Gasteiger partial charge in [0.2, 0.25) is 0 Å². The molecule has 0 radical (unpaired) electrons. The summed E-state index contributed by atoms with van der Waals surface area (Å²) in [6, 6.07) is 9.56. The summed E-state index contributed by atoms with van der Waals surface area (Å²) < 4.78 is 13.4. The Morgan fingerprint density at radius 2 is 1.75 bits per heavy atom. The summed E-state index contributed by atoms with van der Waals surface area (Å²) in [5.41, 5.74) is 6.54. The van der Waals surface area contributed by atoms with E-state index in [0.29, 0.717) is 5.56 Å². The highest BCUT2D eigenvalue weighted by Crippen LogP contribution is 2.30. The molecule has 2 aromatic carbocycles. The first kappa shape index (κ1) is 14.7. The van der Waals surface area contributed by atoms with Crippen molar-refractivity contribution < 1.29 is 9.50 Å². The standard InChI is InChI=1S/C18H21FO/c1-12-9-13(2)16(5-4-8-20)17(10-12)15-6-7-18(19)14(3)11-15/h6-7,9-11,20H,4-5,8H2,1-3H3. The van der Waals surface area contributed by atoms with E-state index in [0.717, 1.165) is 24.0 Å². The number of hydrogen-bond donors (Lipinski definition) is 1. The molecule has 0 atom stereocenters. The maximum Gasteiger partial charge on any atom is 0.126 e. The van der Waals surface area contributed by atoms with Gasteiger partial charge in [-0.3, -0.25) is 0 Å². The highest BCUT2D eigenvalue weighted by Gasteiger charge is 2.10. The third-order valence-corrected chi connectivity index (χ3v) is 3.67. The minimum Gasteiger partial charge on any atom is -0.396 e. The smallest absolute Gasteiger partial charge is 0.126 e. The zero-order valence-corrected chi connectivity index (χ0v) is 12.3. The van der Waals surface area contributed by atoms with Gasteiger partial charge < -0.3 is 5.11 Å². The number of aliphatic hydroxyl groups excluding tert-OH is 1. The topological polar surface area (TPSA) is 20.2 Å². The fraction of sp³-hybridized carbons (Fsp3) is 0.333. The van der Waals surface area contributed by atoms with Gasteiger partial charge in [-0.1, -0.05) is 23.8 Å². The molecule has 2 heteroatoms. The molecule has 0 heterocycles. The summed E-state index contributed by atoms with van der Waals surface area (Å²) in [7, 11) is 0. The Morgan fingerprint density at radius 3 is 2.40 bits per heavy atom. The predicted molar refractivity (Wildman–Crippen MR) is 81.5 cm³/mol. The zero-order valence-electron chi connectivity index (χ0n) is 12.3. The van der Waals surface area contributed by atoms with Crippen molar-refractivity contribution in [3.05, 3.63) is 58.4 Å². The minimum atomic E-state index is -0.171. The first-order valence-electron chi connectivity index (χ1n) is 7.00. The second-order valence-electron chi connectivity index (χ2n) is 5.40. The molecule has 0 aromatic heterocycles. The Balaban J connectivity index is 2.55. The van der Waals surface area contributed by atoms with Crippen LogP contribution in [0.15, 0.2) is 30.3 Å². The van der Waals surface area contributed by atoms with E-state index in [1.165, 1.54) is 22.8 Å². The van der Waals surface area contributed by atoms with Crippen LogP contribution in [0.5, 0.6) is 0 Å². The molecular weight excluding hydrogens is 251 g/mol. The summed E-state index contributed by atoms with van der Waals surface area (Å²) in [6.07, 6.45) is 1.59. The zero-order chi connectivity index (χ0) is 14.7. The Labute approximate surface area is 120 Å². The third-order valence-electron chi connectivity index (χ3n) is 3.67. The molecule has 2 aromatic rings. The molecule has 0 saturated heterocycles. The van der Waals surface area contributed by atoms with Crippen LogP contribution in [0.25, 0.3) is 11.1 Å². The van der Waals surface area contributed by atoms with Gasteiger partial charge in [-0.2, -0.15) is 0 Å². The fourth-order valence-corrected chi connectivity index (χ4v) is 2.65. The Bertz CT molecular complexity index is 617. The second-order valence-corrected chi connectivity index (χ2v) is 5.40. The van der Waals surface area contributed by atoms with E-state index in [1.54, 1.807) is 6.92 Å². The van der Waals surface area contributed by atoms with Crippen molar-refractivity contribution in [3.63, 3.8) is 0 Å². The van der Waals surface area contributed by atoms with Crippen LogP contribution in [-0.4, -0.2) is 11.7 Å². The van der Waals surface area contributed by atoms with Gasteiger partial charge >= 0.3 is 0 Å². The lowest BCUT2D eigenvalue weighted by molar-refractivity contribution is 0.288. The van der Waals surface area contributed by atoms with E-state index in [4.69, 9.17) is 5.11 Å². The minimum absolute atomic E-state index is 0.171. The van der Waals surface area contributed by atoms with E-state index in [-0.39, 0.29) is 12.4 Å². The van der Waals surface area contributed by atoms with Crippen LogP contribution in [0.1, 0.15) is 28.7 Å². The van der Waals surface area contributed by atoms with Crippen LogP contribution in [0, 0.1) is 26.6 Å². The highest BCUT2D eigenvalue weighted by atomic mass is 19.1. The summed E-state index contributed by atoms with van der Waals surface area (Å²) >= 11 is 0. The first-order chi connectivity index (χ1) is 9.52. The maximum absolute atomic E-state index is 13.4. The number of aryl methyl sites for hydroxylation is 3. The van der Waals surface area contributed by atoms with Gasteiger partial charge in [-0.25, -0.2) is 4.39 Å². The lowest BCUT2D eigenvalue weighted by Gasteiger charge is -2.15. The molecule has 0 bridgehead atoms. The van der Waals surface area contributed by atoms with Gasteiger partial charge in [0.15, 0.2) is 0 Å². The number of halogens is 1. The molecule has 0 amide bonds. The van der Waals surface area contributed by atoms with Gasteiger partial charge in [-0.05, 0) is 73.6 Å². The largest absolute Gasteiger partial charge is 0.396 e. The molecule has 0 aliphatic rings. The van der Waals surface area contributed by atoms with Gasteiger partial charge in [-0.15, -0.1) is 0 Å². The quantitative estimate of drug-likeness (QED) is 0.877. The van der Waals surface area contributed by atoms with Crippen molar-refractivity contribution in [2.24, 2.45) is 0 Å². The van der Waals surface area contributed by atoms with Crippen molar-refractivity contribution in [3.8, 4) is 11.1 Å². The molecule has 1 N–H and O–H groups in total. The number of benzene rings is 2. The monoisotopic (exact) mass is 272 g/mol. The maximum atomic E-state index is 13.4. The van der Waals surface area contributed by atoms with Crippen molar-refractivity contribution in [1.29, 1.82) is 0 Å². The Hall–Kier alpha value is -1.67. The predicted octanol–water partition coefficient (Wildman–Crippen LogP) is 4.34. The third kappa shape index (κ3) is 3.07. The van der Waals surface area contributed by atoms with E-state index in [1.807, 2.05) is 12.1 Å². The molecule has 20 heavy (non-hydrogen) atoms. The molecule has 0 fully saturated rings. The van der Waals surface area contributed by atoms with Crippen molar-refractivity contribution in [2.45, 2.75) is 33.6 Å². The summed E-state index contributed by atoms with van der Waals surface area (Å²) in [5, 5.41) is 9.07. The van der Waals surface area contributed by atoms with Gasteiger partial charge in [0.1, 0.15) is 5.82 Å². The van der Waals surface area contributed by atoms with Crippen LogP contribution >= 0.6 is 0 Å². The average Bonchev–Trinajstić information content (AvgIpc) is 2.40. The second kappa shape index (κ2) is 6.19. The van der Waals surface area contributed by atoms with Crippen LogP contribution in [0.4, 0.5) is 4.39 Å². The highest BCUT2D eigenvalue weighted by molar-refractivity contribution is 5.70. The number of aliphatic hydroxyl groups is 1. The van der Waals surface area contributed by atoms with Crippen molar-refractivity contribution >= 4 is 0 Å². The molecule has 1 nitrogen and oxygen atoms in total. The van der Waals surface area contributed by atoms with Crippen LogP contribution in [-0.2, 0) is 6.42 Å². The molecule has 0 aliphatic heterocycles. The Kier molecular flexibility index (Phi) is 4.56. The van der Waals surface area contributed by atoms with Crippen LogP contribution in [0.2, 0.25) is 0 Å². The van der Waals surface area contributed by atoms with E-state index in [2.05, 4.69) is 26.0 Å². The van der Waals surface area contributed by atoms with Crippen LogP contribution in [0.3, 0.4) is 0 Å².